The van der Waals surface area contributed by atoms with Crippen LogP contribution in [0.4, 0.5) is 15.5 Å². The van der Waals surface area contributed by atoms with E-state index < -0.39 is 0 Å². The Hall–Kier alpha value is -2.38. The van der Waals surface area contributed by atoms with Crippen LogP contribution >= 0.6 is 11.3 Å². The Kier molecular flexibility index (Phi) is 6.77. The second kappa shape index (κ2) is 9.05. The zero-order valence-corrected chi connectivity index (χ0v) is 14.6. The van der Waals surface area contributed by atoms with Gasteiger partial charge >= 0.3 is 6.03 Å². The Bertz CT molecular complexity index is 672. The summed E-state index contributed by atoms with van der Waals surface area (Å²) < 4.78 is 0. The fourth-order valence-corrected chi connectivity index (χ4v) is 2.89. The number of benzene rings is 1. The maximum atomic E-state index is 12.1. The maximum Gasteiger partial charge on any atom is 0.324 e. The number of amides is 3. The van der Waals surface area contributed by atoms with Gasteiger partial charge in [-0.1, -0.05) is 25.1 Å². The highest BCUT2D eigenvalue weighted by molar-refractivity contribution is 7.18. The average molecular weight is 346 g/mol. The molecular formula is C17H22N4O2S. The van der Waals surface area contributed by atoms with Crippen molar-refractivity contribution in [2.75, 3.05) is 23.7 Å². The zero-order chi connectivity index (χ0) is 17.4. The van der Waals surface area contributed by atoms with Gasteiger partial charge in [0.2, 0.25) is 0 Å². The van der Waals surface area contributed by atoms with Crippen LogP contribution in [0.5, 0.6) is 0 Å². The third-order valence-corrected chi connectivity index (χ3v) is 4.22. The van der Waals surface area contributed by atoms with Crippen molar-refractivity contribution in [3.05, 3.63) is 47.3 Å². The van der Waals surface area contributed by atoms with Crippen LogP contribution in [0, 0.1) is 0 Å². The predicted molar refractivity (Wildman–Crippen MR) is 98.9 cm³/mol. The lowest BCUT2D eigenvalue weighted by molar-refractivity contribution is 0.0954. The topological polar surface area (TPSA) is 82.3 Å². The predicted octanol–water partition coefficient (Wildman–Crippen LogP) is 3.12. The van der Waals surface area contributed by atoms with Gasteiger partial charge in [0.05, 0.1) is 9.88 Å². The minimum atomic E-state index is -0.337. The molecule has 1 aromatic heterocycles. The summed E-state index contributed by atoms with van der Waals surface area (Å²) in [4.78, 5) is 24.6. The molecule has 0 aliphatic heterocycles. The van der Waals surface area contributed by atoms with Crippen LogP contribution in [0.25, 0.3) is 0 Å². The number of hydrogen-bond acceptors (Lipinski definition) is 4. The van der Waals surface area contributed by atoms with Crippen molar-refractivity contribution in [1.82, 2.24) is 10.6 Å². The fraction of sp³-hybridized carbons (Fsp3) is 0.294. The zero-order valence-electron chi connectivity index (χ0n) is 13.8. The number of carbonyl (C=O) groups is 2. The van der Waals surface area contributed by atoms with Crippen molar-refractivity contribution >= 4 is 34.0 Å². The first kappa shape index (κ1) is 18.0. The molecule has 0 aliphatic rings. The molecule has 4 N–H and O–H groups in total. The van der Waals surface area contributed by atoms with Gasteiger partial charge in [0.25, 0.3) is 5.91 Å². The summed E-state index contributed by atoms with van der Waals surface area (Å²) in [5.74, 6) is -0.138. The van der Waals surface area contributed by atoms with Gasteiger partial charge in [0.15, 0.2) is 0 Å². The minimum Gasteiger partial charge on any atom is -0.350 e. The molecule has 1 aromatic carbocycles. The van der Waals surface area contributed by atoms with E-state index in [9.17, 15) is 9.59 Å². The number of hydrogen-bond donors (Lipinski definition) is 4. The first-order valence-corrected chi connectivity index (χ1v) is 8.64. The smallest absolute Gasteiger partial charge is 0.324 e. The van der Waals surface area contributed by atoms with Gasteiger partial charge in [-0.15, -0.1) is 11.3 Å². The van der Waals surface area contributed by atoms with Gasteiger partial charge in [-0.05, 0) is 37.7 Å². The fourth-order valence-electron chi connectivity index (χ4n) is 2.08. The summed E-state index contributed by atoms with van der Waals surface area (Å²) in [5, 5.41) is 12.2. The van der Waals surface area contributed by atoms with Crippen molar-refractivity contribution in [3.8, 4) is 0 Å². The largest absolute Gasteiger partial charge is 0.350 e. The normalized spacial score (nSPS) is 11.6. The highest BCUT2D eigenvalue weighted by Gasteiger charge is 2.11. The second-order valence-corrected chi connectivity index (χ2v) is 6.36. The summed E-state index contributed by atoms with van der Waals surface area (Å²) in [6, 6.07) is 12.5. The molecule has 1 atom stereocenters. The van der Waals surface area contributed by atoms with Gasteiger partial charge in [-0.25, -0.2) is 4.79 Å². The maximum absolute atomic E-state index is 12.1. The third-order valence-electron chi connectivity index (χ3n) is 3.22. The van der Waals surface area contributed by atoms with Gasteiger partial charge in [0.1, 0.15) is 0 Å². The van der Waals surface area contributed by atoms with Crippen LogP contribution in [-0.2, 0) is 0 Å². The molecule has 0 fully saturated rings. The molecule has 0 bridgehead atoms. The first-order valence-electron chi connectivity index (χ1n) is 7.83. The first-order chi connectivity index (χ1) is 11.6. The molecule has 0 unspecified atom stereocenters. The van der Waals surface area contributed by atoms with Crippen molar-refractivity contribution in [1.29, 1.82) is 0 Å². The summed E-state index contributed by atoms with van der Waals surface area (Å²) in [6.07, 6.45) is 0. The van der Waals surface area contributed by atoms with E-state index in [0.717, 1.165) is 6.54 Å². The van der Waals surface area contributed by atoms with E-state index in [4.69, 9.17) is 0 Å². The Morgan fingerprint density at radius 3 is 2.54 bits per heavy atom. The third kappa shape index (κ3) is 5.68. The van der Waals surface area contributed by atoms with E-state index in [1.807, 2.05) is 32.0 Å². The lowest BCUT2D eigenvalue weighted by Crippen LogP contribution is -2.38. The number of thiophene rings is 1. The van der Waals surface area contributed by atoms with Crippen LogP contribution < -0.4 is 21.3 Å². The number of likely N-dealkylation sites (N-methyl/N-ethyl adjacent to an activating group) is 1. The number of carbonyl (C=O) groups excluding carboxylic acids is 2. The molecule has 0 saturated heterocycles. The van der Waals surface area contributed by atoms with E-state index in [1.165, 1.54) is 11.3 Å². The highest BCUT2D eigenvalue weighted by atomic mass is 32.1. The van der Waals surface area contributed by atoms with Crippen LogP contribution in [0.15, 0.2) is 42.5 Å². The summed E-state index contributed by atoms with van der Waals surface area (Å²) in [6.45, 7) is 5.46. The van der Waals surface area contributed by atoms with Gasteiger partial charge < -0.3 is 16.0 Å². The summed E-state index contributed by atoms with van der Waals surface area (Å²) in [5.41, 5.74) is 0.710. The average Bonchev–Trinajstić information content (AvgIpc) is 3.02. The molecule has 6 nitrogen and oxygen atoms in total. The Morgan fingerprint density at radius 1 is 1.08 bits per heavy atom. The number of nitrogens with one attached hydrogen (secondary N) is 4. The SMILES string of the molecule is CCN[C@H](C)CNC(=O)c1ccc(NC(=O)Nc2ccccc2)s1. The van der Waals surface area contributed by atoms with Gasteiger partial charge in [-0.2, -0.15) is 0 Å². The van der Waals surface area contributed by atoms with Crippen LogP contribution in [-0.4, -0.2) is 31.1 Å². The van der Waals surface area contributed by atoms with Crippen molar-refractivity contribution in [3.63, 3.8) is 0 Å². The van der Waals surface area contributed by atoms with Crippen LogP contribution in [0.1, 0.15) is 23.5 Å². The molecule has 1 heterocycles. The van der Waals surface area contributed by atoms with E-state index in [2.05, 4.69) is 21.3 Å². The van der Waals surface area contributed by atoms with Crippen LogP contribution in [0.3, 0.4) is 0 Å². The highest BCUT2D eigenvalue weighted by Crippen LogP contribution is 2.22. The van der Waals surface area contributed by atoms with Crippen molar-refractivity contribution < 1.29 is 9.59 Å². The molecule has 0 spiro atoms. The summed E-state index contributed by atoms with van der Waals surface area (Å²) in [7, 11) is 0. The monoisotopic (exact) mass is 346 g/mol. The Balaban J connectivity index is 1.84. The van der Waals surface area contributed by atoms with Gasteiger partial charge in [-0.3, -0.25) is 10.1 Å². The van der Waals surface area contributed by atoms with E-state index in [-0.39, 0.29) is 18.0 Å². The van der Waals surface area contributed by atoms with E-state index >= 15 is 0 Å². The number of para-hydroxylation sites is 1. The van der Waals surface area contributed by atoms with Crippen molar-refractivity contribution in [2.45, 2.75) is 19.9 Å². The van der Waals surface area contributed by atoms with E-state index in [0.29, 0.717) is 22.1 Å². The lowest BCUT2D eigenvalue weighted by atomic mass is 10.3. The minimum absolute atomic E-state index is 0.138. The van der Waals surface area contributed by atoms with E-state index in [1.54, 1.807) is 24.3 Å². The molecule has 0 aliphatic carbocycles. The number of urea groups is 1. The Labute approximate surface area is 145 Å². The van der Waals surface area contributed by atoms with Gasteiger partial charge in [0, 0.05) is 18.3 Å². The standard InChI is InChI=1S/C17H22N4O2S/c1-3-18-12(2)11-19-16(22)14-9-10-15(24-14)21-17(23)20-13-7-5-4-6-8-13/h4-10,12,18H,3,11H2,1-2H3,(H,19,22)(H2,20,21,23)/t12-/m1/s1. The number of rotatable bonds is 7. The van der Waals surface area contributed by atoms with Crippen molar-refractivity contribution in [2.24, 2.45) is 0 Å². The number of anilines is 2. The molecule has 7 heteroatoms. The van der Waals surface area contributed by atoms with Crippen LogP contribution in [0.2, 0.25) is 0 Å². The molecule has 24 heavy (non-hydrogen) atoms. The molecule has 0 saturated carbocycles. The Morgan fingerprint density at radius 2 is 1.83 bits per heavy atom. The molecule has 3 amide bonds. The lowest BCUT2D eigenvalue weighted by Gasteiger charge is -2.12. The second-order valence-electron chi connectivity index (χ2n) is 5.28. The quantitative estimate of drug-likeness (QED) is 0.622. The summed E-state index contributed by atoms with van der Waals surface area (Å²) >= 11 is 1.24. The molecule has 128 valence electrons. The molecule has 2 aromatic rings. The molecule has 2 rings (SSSR count). The molecule has 0 radical (unpaired) electrons. The molecular weight excluding hydrogens is 324 g/mol.